The summed E-state index contributed by atoms with van der Waals surface area (Å²) in [7, 11) is 1.61. The Bertz CT molecular complexity index is 346. The van der Waals surface area contributed by atoms with E-state index in [9.17, 15) is 5.11 Å². The van der Waals surface area contributed by atoms with E-state index < -0.39 is 0 Å². The quantitative estimate of drug-likeness (QED) is 0.850. The maximum atomic E-state index is 9.85. The molecule has 1 aliphatic heterocycles. The first kappa shape index (κ1) is 11.3. The van der Waals surface area contributed by atoms with E-state index in [0.717, 1.165) is 25.2 Å². The summed E-state index contributed by atoms with van der Waals surface area (Å²) in [5.41, 5.74) is 0.989. The SMILES string of the molecule is COc1ccc(CN2CCCCC2)c(O)c1. The second-order valence-electron chi connectivity index (χ2n) is 4.33. The van der Waals surface area contributed by atoms with Gasteiger partial charge in [-0.15, -0.1) is 0 Å². The van der Waals surface area contributed by atoms with Gasteiger partial charge in [0.25, 0.3) is 0 Å². The molecule has 16 heavy (non-hydrogen) atoms. The number of hydrogen-bond donors (Lipinski definition) is 1. The predicted octanol–water partition coefficient (Wildman–Crippen LogP) is 2.39. The Morgan fingerprint density at radius 1 is 1.25 bits per heavy atom. The van der Waals surface area contributed by atoms with E-state index in [4.69, 9.17) is 4.74 Å². The van der Waals surface area contributed by atoms with Crippen LogP contribution >= 0.6 is 0 Å². The van der Waals surface area contributed by atoms with Gasteiger partial charge < -0.3 is 9.84 Å². The first-order valence-corrected chi connectivity index (χ1v) is 5.88. The standard InChI is InChI=1S/C13H19NO2/c1-16-12-6-5-11(13(15)9-12)10-14-7-3-2-4-8-14/h5-6,9,15H,2-4,7-8,10H2,1H3. The Balaban J connectivity index is 2.03. The number of phenols is 1. The molecule has 0 unspecified atom stereocenters. The first-order chi connectivity index (χ1) is 7.79. The van der Waals surface area contributed by atoms with Crippen LogP contribution in [0.3, 0.4) is 0 Å². The lowest BCUT2D eigenvalue weighted by molar-refractivity contribution is 0.218. The molecule has 1 fully saturated rings. The molecule has 2 rings (SSSR count). The Kier molecular flexibility index (Phi) is 3.67. The Labute approximate surface area is 96.6 Å². The number of aromatic hydroxyl groups is 1. The van der Waals surface area contributed by atoms with Crippen LogP contribution in [0.15, 0.2) is 18.2 Å². The molecule has 0 radical (unpaired) electrons. The van der Waals surface area contributed by atoms with Crippen LogP contribution in [0.4, 0.5) is 0 Å². The van der Waals surface area contributed by atoms with Crippen LogP contribution < -0.4 is 4.74 Å². The lowest BCUT2D eigenvalue weighted by Gasteiger charge is -2.26. The number of rotatable bonds is 3. The van der Waals surface area contributed by atoms with Gasteiger partial charge in [0, 0.05) is 18.2 Å². The highest BCUT2D eigenvalue weighted by Crippen LogP contribution is 2.25. The van der Waals surface area contributed by atoms with Crippen molar-refractivity contribution in [3.63, 3.8) is 0 Å². The predicted molar refractivity (Wildman–Crippen MR) is 63.8 cm³/mol. The number of piperidine rings is 1. The van der Waals surface area contributed by atoms with E-state index >= 15 is 0 Å². The third-order valence-electron chi connectivity index (χ3n) is 3.14. The molecular weight excluding hydrogens is 202 g/mol. The maximum absolute atomic E-state index is 9.85. The molecule has 3 heteroatoms. The molecule has 0 aliphatic carbocycles. The number of phenolic OH excluding ortho intramolecular Hbond substituents is 1. The van der Waals surface area contributed by atoms with Gasteiger partial charge in [-0.1, -0.05) is 12.5 Å². The molecule has 88 valence electrons. The van der Waals surface area contributed by atoms with Gasteiger partial charge in [-0.25, -0.2) is 0 Å². The molecule has 0 atom stereocenters. The molecular formula is C13H19NO2. The Morgan fingerprint density at radius 2 is 2.00 bits per heavy atom. The van der Waals surface area contributed by atoms with Crippen molar-refractivity contribution in [1.29, 1.82) is 0 Å². The first-order valence-electron chi connectivity index (χ1n) is 5.88. The lowest BCUT2D eigenvalue weighted by Crippen LogP contribution is -2.29. The smallest absolute Gasteiger partial charge is 0.123 e. The van der Waals surface area contributed by atoms with Gasteiger partial charge in [0.05, 0.1) is 7.11 Å². The number of hydrogen-bond acceptors (Lipinski definition) is 3. The van der Waals surface area contributed by atoms with Gasteiger partial charge in [0.15, 0.2) is 0 Å². The van der Waals surface area contributed by atoms with Crippen molar-refractivity contribution in [3.8, 4) is 11.5 Å². The number of methoxy groups -OCH3 is 1. The van der Waals surface area contributed by atoms with Crippen molar-refractivity contribution in [1.82, 2.24) is 4.90 Å². The van der Waals surface area contributed by atoms with Gasteiger partial charge >= 0.3 is 0 Å². The summed E-state index contributed by atoms with van der Waals surface area (Å²) in [5, 5.41) is 9.85. The average molecular weight is 221 g/mol. The van der Waals surface area contributed by atoms with Crippen LogP contribution in [0.25, 0.3) is 0 Å². The number of ether oxygens (including phenoxy) is 1. The minimum absolute atomic E-state index is 0.338. The summed E-state index contributed by atoms with van der Waals surface area (Å²) < 4.78 is 5.07. The molecule has 1 aromatic rings. The minimum atomic E-state index is 0.338. The van der Waals surface area contributed by atoms with Crippen molar-refractivity contribution in [2.75, 3.05) is 20.2 Å². The highest BCUT2D eigenvalue weighted by atomic mass is 16.5. The fraction of sp³-hybridized carbons (Fsp3) is 0.538. The summed E-state index contributed by atoms with van der Waals surface area (Å²) in [5.74, 6) is 1.05. The molecule has 1 N–H and O–H groups in total. The monoisotopic (exact) mass is 221 g/mol. The Hall–Kier alpha value is -1.22. The molecule has 3 nitrogen and oxygen atoms in total. The Morgan fingerprint density at radius 3 is 2.62 bits per heavy atom. The van der Waals surface area contributed by atoms with E-state index in [2.05, 4.69) is 4.90 Å². The van der Waals surface area contributed by atoms with E-state index in [1.165, 1.54) is 19.3 Å². The van der Waals surface area contributed by atoms with Crippen molar-refractivity contribution >= 4 is 0 Å². The summed E-state index contributed by atoms with van der Waals surface area (Å²) in [4.78, 5) is 2.39. The highest BCUT2D eigenvalue weighted by molar-refractivity contribution is 5.39. The van der Waals surface area contributed by atoms with Crippen molar-refractivity contribution in [2.24, 2.45) is 0 Å². The fourth-order valence-corrected chi connectivity index (χ4v) is 2.16. The molecule has 0 amide bonds. The van der Waals surface area contributed by atoms with Gasteiger partial charge in [0.2, 0.25) is 0 Å². The number of likely N-dealkylation sites (tertiary alicyclic amines) is 1. The van der Waals surface area contributed by atoms with Crippen LogP contribution in [0.5, 0.6) is 11.5 Å². The van der Waals surface area contributed by atoms with Crippen LogP contribution in [0, 0.1) is 0 Å². The minimum Gasteiger partial charge on any atom is -0.507 e. The molecule has 1 heterocycles. The zero-order chi connectivity index (χ0) is 11.4. The molecule has 1 aliphatic rings. The van der Waals surface area contributed by atoms with Gasteiger partial charge in [-0.2, -0.15) is 0 Å². The van der Waals surface area contributed by atoms with Gasteiger partial charge in [0.1, 0.15) is 11.5 Å². The van der Waals surface area contributed by atoms with Crippen molar-refractivity contribution in [3.05, 3.63) is 23.8 Å². The zero-order valence-electron chi connectivity index (χ0n) is 9.78. The number of nitrogens with zero attached hydrogens (tertiary/aromatic N) is 1. The summed E-state index contributed by atoms with van der Waals surface area (Å²) in [6, 6.07) is 5.53. The van der Waals surface area contributed by atoms with E-state index in [1.54, 1.807) is 13.2 Å². The highest BCUT2D eigenvalue weighted by Gasteiger charge is 2.12. The molecule has 0 saturated carbocycles. The lowest BCUT2D eigenvalue weighted by atomic mass is 10.1. The molecule has 0 bridgehead atoms. The van der Waals surface area contributed by atoms with Gasteiger partial charge in [-0.05, 0) is 32.0 Å². The van der Waals surface area contributed by atoms with Gasteiger partial charge in [-0.3, -0.25) is 4.90 Å². The summed E-state index contributed by atoms with van der Waals surface area (Å²) in [6.07, 6.45) is 3.89. The largest absolute Gasteiger partial charge is 0.507 e. The van der Waals surface area contributed by atoms with Crippen LogP contribution in [0.1, 0.15) is 24.8 Å². The van der Waals surface area contributed by atoms with E-state index in [-0.39, 0.29) is 0 Å². The topological polar surface area (TPSA) is 32.7 Å². The second kappa shape index (κ2) is 5.21. The maximum Gasteiger partial charge on any atom is 0.123 e. The third-order valence-corrected chi connectivity index (χ3v) is 3.14. The van der Waals surface area contributed by atoms with Crippen LogP contribution in [0.2, 0.25) is 0 Å². The molecule has 1 aromatic carbocycles. The normalized spacial score (nSPS) is 17.3. The van der Waals surface area contributed by atoms with E-state index in [1.807, 2.05) is 12.1 Å². The van der Waals surface area contributed by atoms with Crippen molar-refractivity contribution < 1.29 is 9.84 Å². The molecule has 0 aromatic heterocycles. The van der Waals surface area contributed by atoms with Crippen LogP contribution in [-0.4, -0.2) is 30.2 Å². The number of benzene rings is 1. The fourth-order valence-electron chi connectivity index (χ4n) is 2.16. The summed E-state index contributed by atoms with van der Waals surface area (Å²) in [6.45, 7) is 3.13. The summed E-state index contributed by atoms with van der Waals surface area (Å²) >= 11 is 0. The second-order valence-corrected chi connectivity index (χ2v) is 4.33. The molecule has 0 spiro atoms. The average Bonchev–Trinajstić information content (AvgIpc) is 2.33. The zero-order valence-corrected chi connectivity index (χ0v) is 9.78. The molecule has 1 saturated heterocycles. The van der Waals surface area contributed by atoms with Crippen molar-refractivity contribution in [2.45, 2.75) is 25.8 Å². The van der Waals surface area contributed by atoms with Crippen LogP contribution in [-0.2, 0) is 6.54 Å². The van der Waals surface area contributed by atoms with E-state index in [0.29, 0.717) is 11.5 Å². The third kappa shape index (κ3) is 2.67.